The van der Waals surface area contributed by atoms with E-state index in [4.69, 9.17) is 11.6 Å². The number of amides is 1. The Morgan fingerprint density at radius 3 is 2.17 bits per heavy atom. The van der Waals surface area contributed by atoms with E-state index in [2.05, 4.69) is 10.3 Å². The summed E-state index contributed by atoms with van der Waals surface area (Å²) >= 11 is 5.91. The van der Waals surface area contributed by atoms with Crippen LogP contribution in [-0.4, -0.2) is 36.8 Å². The Kier molecular flexibility index (Phi) is 6.99. The van der Waals surface area contributed by atoms with Gasteiger partial charge < -0.3 is 5.32 Å². The minimum atomic E-state index is -3.32. The van der Waals surface area contributed by atoms with Gasteiger partial charge in [0.15, 0.2) is 15.6 Å². The highest BCUT2D eigenvalue weighted by Gasteiger charge is 2.61. The summed E-state index contributed by atoms with van der Waals surface area (Å²) in [5.41, 5.74) is 0.0498. The van der Waals surface area contributed by atoms with E-state index in [1.54, 1.807) is 43.3 Å². The fourth-order valence-corrected chi connectivity index (χ4v) is 5.33. The van der Waals surface area contributed by atoms with Crippen molar-refractivity contribution >= 4 is 38.8 Å². The number of rotatable bonds is 8. The topological polar surface area (TPSA) is 93.2 Å². The summed E-state index contributed by atoms with van der Waals surface area (Å²) in [6.07, 6.45) is 0.0777. The molecule has 1 aliphatic carbocycles. The van der Waals surface area contributed by atoms with Crippen molar-refractivity contribution in [1.29, 1.82) is 0 Å². The van der Waals surface area contributed by atoms with Gasteiger partial charge in [0.05, 0.1) is 34.4 Å². The Labute approximate surface area is 212 Å². The predicted octanol–water partition coefficient (Wildman–Crippen LogP) is 5.26. The minimum Gasteiger partial charge on any atom is -0.324 e. The quantitative estimate of drug-likeness (QED) is 0.399. The molecule has 0 spiro atoms. The molecule has 0 unspecified atom stereocenters. The molecule has 1 N–H and O–H groups in total. The summed E-state index contributed by atoms with van der Waals surface area (Å²) in [6, 6.07) is 15.2. The van der Waals surface area contributed by atoms with Crippen molar-refractivity contribution in [3.8, 4) is 0 Å². The molecule has 0 bridgehead atoms. The third kappa shape index (κ3) is 5.32. The number of nitrogens with one attached hydrogen (secondary N) is 1. The molecule has 4 rings (SSSR count). The first-order valence-electron chi connectivity index (χ1n) is 11.2. The minimum absolute atomic E-state index is 0.00188. The van der Waals surface area contributed by atoms with E-state index >= 15 is 0 Å². The van der Waals surface area contributed by atoms with E-state index in [1.165, 1.54) is 30.5 Å². The lowest BCUT2D eigenvalue weighted by Crippen LogP contribution is -2.54. The zero-order valence-electron chi connectivity index (χ0n) is 19.3. The lowest BCUT2D eigenvalue weighted by molar-refractivity contribution is -0.115. The van der Waals surface area contributed by atoms with Gasteiger partial charge in [-0.2, -0.15) is 0 Å². The molecule has 1 heterocycles. The number of sulfone groups is 1. The van der Waals surface area contributed by atoms with Gasteiger partial charge >= 0.3 is 0 Å². The summed E-state index contributed by atoms with van der Waals surface area (Å²) in [7, 11) is -3.32. The van der Waals surface area contributed by atoms with Crippen LogP contribution in [0.25, 0.3) is 0 Å². The molecule has 2 aromatic carbocycles. The van der Waals surface area contributed by atoms with Crippen molar-refractivity contribution in [3.05, 3.63) is 88.7 Å². The zero-order chi connectivity index (χ0) is 26.1. The highest BCUT2D eigenvalue weighted by atomic mass is 35.5. The fourth-order valence-electron chi connectivity index (χ4n) is 4.32. The van der Waals surface area contributed by atoms with Gasteiger partial charge in [-0.25, -0.2) is 17.2 Å². The van der Waals surface area contributed by atoms with Gasteiger partial charge in [0, 0.05) is 17.9 Å². The lowest BCUT2D eigenvalue weighted by atomic mass is 9.59. The second-order valence-corrected chi connectivity index (χ2v) is 11.5. The Balaban J connectivity index is 1.44. The van der Waals surface area contributed by atoms with E-state index < -0.39 is 39.8 Å². The van der Waals surface area contributed by atoms with Crippen LogP contribution in [0, 0.1) is 0 Å². The van der Waals surface area contributed by atoms with Crippen LogP contribution in [-0.2, 0) is 26.5 Å². The first kappa shape index (κ1) is 25.9. The molecular weight excluding hydrogens is 510 g/mol. The summed E-state index contributed by atoms with van der Waals surface area (Å²) in [5, 5.41) is 3.10. The van der Waals surface area contributed by atoms with Gasteiger partial charge in [-0.1, -0.05) is 42.8 Å². The highest BCUT2D eigenvalue weighted by Crippen LogP contribution is 2.55. The zero-order valence-corrected chi connectivity index (χ0v) is 20.9. The molecule has 188 valence electrons. The number of benzene rings is 2. The molecule has 1 fully saturated rings. The maximum Gasteiger partial charge on any atom is 0.250 e. The van der Waals surface area contributed by atoms with E-state index in [9.17, 15) is 26.8 Å². The number of ketones is 1. The summed E-state index contributed by atoms with van der Waals surface area (Å²) in [4.78, 5) is 30.0. The number of pyridine rings is 1. The van der Waals surface area contributed by atoms with Crippen LogP contribution < -0.4 is 5.32 Å². The third-order valence-electron chi connectivity index (χ3n) is 6.26. The van der Waals surface area contributed by atoms with Crippen molar-refractivity contribution < 1.29 is 26.8 Å². The standard InChI is InChI=1S/C26H23ClF2N2O4S/c1-2-36(34,35)21-10-3-17(4-11-21)13-23(32)31-20-9-12-22(30-14-20)24(33)25(15-26(28,29)16-25)18-5-7-19(27)8-6-18/h3-12,14H,2,13,15-16H2,1H3,(H,31,32). The molecule has 10 heteroatoms. The number of alkyl halides is 2. The fraction of sp³-hybridized carbons (Fsp3) is 0.269. The Morgan fingerprint density at radius 2 is 1.64 bits per heavy atom. The lowest BCUT2D eigenvalue weighted by Gasteiger charge is -2.46. The second-order valence-electron chi connectivity index (χ2n) is 8.83. The molecular formula is C26H23ClF2N2O4S. The average Bonchev–Trinajstić information content (AvgIpc) is 2.83. The van der Waals surface area contributed by atoms with Crippen LogP contribution in [0.15, 0.2) is 71.8 Å². The van der Waals surface area contributed by atoms with Crippen LogP contribution in [0.2, 0.25) is 5.02 Å². The van der Waals surface area contributed by atoms with E-state index in [1.807, 2.05) is 0 Å². The van der Waals surface area contributed by atoms with Crippen LogP contribution >= 0.6 is 11.6 Å². The van der Waals surface area contributed by atoms with Gasteiger partial charge in [-0.05, 0) is 47.5 Å². The van der Waals surface area contributed by atoms with Crippen LogP contribution in [0.1, 0.15) is 41.4 Å². The van der Waals surface area contributed by atoms with Gasteiger partial charge in [-0.3, -0.25) is 14.6 Å². The van der Waals surface area contributed by atoms with Gasteiger partial charge in [0.25, 0.3) is 5.92 Å². The molecule has 0 atom stereocenters. The first-order valence-corrected chi connectivity index (χ1v) is 13.2. The Bertz CT molecular complexity index is 1380. The maximum atomic E-state index is 13.9. The van der Waals surface area contributed by atoms with Gasteiger partial charge in [0.1, 0.15) is 5.69 Å². The SMILES string of the molecule is CCS(=O)(=O)c1ccc(CC(=O)Nc2ccc(C(=O)C3(c4ccc(Cl)cc4)CC(F)(F)C3)nc2)cc1. The van der Waals surface area contributed by atoms with Crippen LogP contribution in [0.3, 0.4) is 0 Å². The second kappa shape index (κ2) is 9.71. The highest BCUT2D eigenvalue weighted by molar-refractivity contribution is 7.91. The maximum absolute atomic E-state index is 13.9. The third-order valence-corrected chi connectivity index (χ3v) is 8.26. The Morgan fingerprint density at radius 1 is 1.00 bits per heavy atom. The Hall–Kier alpha value is -3.17. The predicted molar refractivity (Wildman–Crippen MR) is 132 cm³/mol. The number of hydrogen-bond donors (Lipinski definition) is 1. The van der Waals surface area contributed by atoms with E-state index in [0.29, 0.717) is 21.8 Å². The number of hydrogen-bond acceptors (Lipinski definition) is 5. The molecule has 1 aliphatic rings. The molecule has 0 radical (unpaired) electrons. The molecule has 3 aromatic rings. The van der Waals surface area contributed by atoms with Crippen LogP contribution in [0.4, 0.5) is 14.5 Å². The molecule has 0 saturated heterocycles. The summed E-state index contributed by atoms with van der Waals surface area (Å²) < 4.78 is 51.6. The number of carbonyl (C=O) groups is 2. The van der Waals surface area contributed by atoms with Gasteiger partial charge in [0.2, 0.25) is 5.91 Å². The van der Waals surface area contributed by atoms with Crippen molar-refractivity contribution in [3.63, 3.8) is 0 Å². The average molecular weight is 533 g/mol. The first-order chi connectivity index (χ1) is 16.9. The van der Waals surface area contributed by atoms with Crippen molar-refractivity contribution in [2.24, 2.45) is 0 Å². The number of carbonyl (C=O) groups excluding carboxylic acids is 2. The number of anilines is 1. The van der Waals surface area contributed by atoms with Crippen molar-refractivity contribution in [2.75, 3.05) is 11.1 Å². The normalized spacial score (nSPS) is 16.1. The molecule has 1 aromatic heterocycles. The van der Waals surface area contributed by atoms with E-state index in [-0.39, 0.29) is 28.7 Å². The largest absolute Gasteiger partial charge is 0.324 e. The smallest absolute Gasteiger partial charge is 0.250 e. The molecule has 1 saturated carbocycles. The number of nitrogens with zero attached hydrogens (tertiary/aromatic N) is 1. The van der Waals surface area contributed by atoms with Gasteiger partial charge in [-0.15, -0.1) is 0 Å². The number of Topliss-reactive ketones (excluding diaryl/α,β-unsaturated/α-hetero) is 1. The molecule has 0 aliphatic heterocycles. The molecule has 36 heavy (non-hydrogen) atoms. The molecule has 1 amide bonds. The van der Waals surface area contributed by atoms with E-state index in [0.717, 1.165) is 0 Å². The number of aromatic nitrogens is 1. The monoisotopic (exact) mass is 532 g/mol. The number of halogens is 3. The van der Waals surface area contributed by atoms with Crippen LogP contribution in [0.5, 0.6) is 0 Å². The molecule has 6 nitrogen and oxygen atoms in total. The van der Waals surface area contributed by atoms with Crippen molar-refractivity contribution in [1.82, 2.24) is 4.98 Å². The van der Waals surface area contributed by atoms with Crippen molar-refractivity contribution in [2.45, 2.75) is 42.4 Å². The summed E-state index contributed by atoms with van der Waals surface area (Å²) in [5.74, 6) is -3.84. The summed E-state index contributed by atoms with van der Waals surface area (Å²) in [6.45, 7) is 1.56.